The monoisotopic (exact) mass is 292 g/mol. The molecular formula is C13H16N4O2S. The van der Waals surface area contributed by atoms with Gasteiger partial charge in [0, 0.05) is 12.7 Å². The van der Waals surface area contributed by atoms with Crippen molar-refractivity contribution in [3.63, 3.8) is 0 Å². The van der Waals surface area contributed by atoms with Crippen LogP contribution in [0.4, 0.5) is 5.69 Å². The van der Waals surface area contributed by atoms with Crippen LogP contribution in [0.2, 0.25) is 0 Å². The molecule has 1 aromatic carbocycles. The Hall–Kier alpha value is -2.02. The molecule has 1 heterocycles. The van der Waals surface area contributed by atoms with Crippen LogP contribution >= 0.6 is 11.8 Å². The van der Waals surface area contributed by atoms with E-state index in [-0.39, 0.29) is 17.3 Å². The molecule has 0 saturated heterocycles. The minimum Gasteiger partial charge on any atom is -0.325 e. The molecule has 0 bridgehead atoms. The molecule has 0 saturated carbocycles. The van der Waals surface area contributed by atoms with Crippen molar-refractivity contribution in [3.05, 3.63) is 40.3 Å². The second kappa shape index (κ2) is 6.42. The molecule has 0 atom stereocenters. The lowest BCUT2D eigenvalue weighted by Crippen LogP contribution is -2.16. The quantitative estimate of drug-likeness (QED) is 0.816. The largest absolute Gasteiger partial charge is 0.343 e. The van der Waals surface area contributed by atoms with Gasteiger partial charge in [0.05, 0.1) is 5.75 Å². The number of nitrogens with zero attached hydrogens (tertiary/aromatic N) is 2. The van der Waals surface area contributed by atoms with Crippen molar-refractivity contribution in [2.45, 2.75) is 18.5 Å². The van der Waals surface area contributed by atoms with Crippen molar-refractivity contribution in [2.24, 2.45) is 7.05 Å². The van der Waals surface area contributed by atoms with Gasteiger partial charge in [0.25, 0.3) is 0 Å². The fourth-order valence-corrected chi connectivity index (χ4v) is 2.45. The minimum atomic E-state index is -0.288. The summed E-state index contributed by atoms with van der Waals surface area (Å²) in [5, 5.41) is 9.54. The lowest BCUT2D eigenvalue weighted by molar-refractivity contribution is -0.113. The second-order valence-corrected chi connectivity index (χ2v) is 5.16. The van der Waals surface area contributed by atoms with E-state index in [1.165, 1.54) is 16.3 Å². The van der Waals surface area contributed by atoms with Gasteiger partial charge in [-0.25, -0.2) is 9.89 Å². The number of anilines is 1. The second-order valence-electron chi connectivity index (χ2n) is 4.22. The van der Waals surface area contributed by atoms with Gasteiger partial charge in [0.2, 0.25) is 5.91 Å². The van der Waals surface area contributed by atoms with E-state index in [9.17, 15) is 9.59 Å². The maximum Gasteiger partial charge on any atom is 0.343 e. The standard InChI is InChI=1S/C13H16N4O2S/c1-3-9-6-4-5-7-10(9)14-11(18)8-20-13-16-15-12(19)17(13)2/h4-7H,3,8H2,1-2H3,(H,14,18)(H,15,19). The fraction of sp³-hybridized carbons (Fsp3) is 0.308. The first kappa shape index (κ1) is 14.4. The van der Waals surface area contributed by atoms with Crippen LogP contribution in [0.15, 0.2) is 34.2 Å². The number of benzene rings is 1. The molecule has 20 heavy (non-hydrogen) atoms. The number of para-hydroxylation sites is 1. The highest BCUT2D eigenvalue weighted by Crippen LogP contribution is 2.17. The van der Waals surface area contributed by atoms with Gasteiger partial charge in [-0.1, -0.05) is 36.9 Å². The molecule has 0 unspecified atom stereocenters. The molecule has 0 spiro atoms. The highest BCUT2D eigenvalue weighted by atomic mass is 32.2. The van der Waals surface area contributed by atoms with Crippen molar-refractivity contribution in [1.29, 1.82) is 0 Å². The van der Waals surface area contributed by atoms with Crippen LogP contribution in [0.3, 0.4) is 0 Å². The maximum absolute atomic E-state index is 11.9. The normalized spacial score (nSPS) is 10.5. The summed E-state index contributed by atoms with van der Waals surface area (Å²) >= 11 is 1.22. The fourth-order valence-electron chi connectivity index (χ4n) is 1.73. The van der Waals surface area contributed by atoms with Gasteiger partial charge < -0.3 is 5.32 Å². The van der Waals surface area contributed by atoms with Crippen LogP contribution in [-0.2, 0) is 18.3 Å². The van der Waals surface area contributed by atoms with Gasteiger partial charge in [0.1, 0.15) is 0 Å². The maximum atomic E-state index is 11.9. The smallest absolute Gasteiger partial charge is 0.325 e. The lowest BCUT2D eigenvalue weighted by Gasteiger charge is -2.09. The average molecular weight is 292 g/mol. The number of hydrogen-bond donors (Lipinski definition) is 2. The third kappa shape index (κ3) is 3.30. The van der Waals surface area contributed by atoms with E-state index >= 15 is 0 Å². The van der Waals surface area contributed by atoms with Gasteiger partial charge in [-0.15, -0.1) is 5.10 Å². The molecule has 7 heteroatoms. The molecule has 2 rings (SSSR count). The van der Waals surface area contributed by atoms with Crippen molar-refractivity contribution in [1.82, 2.24) is 14.8 Å². The van der Waals surface area contributed by atoms with Gasteiger partial charge in [0.15, 0.2) is 5.16 Å². The summed E-state index contributed by atoms with van der Waals surface area (Å²) in [5.74, 6) is 0.0854. The lowest BCUT2D eigenvalue weighted by atomic mass is 10.1. The van der Waals surface area contributed by atoms with Gasteiger partial charge in [-0.05, 0) is 18.1 Å². The van der Waals surface area contributed by atoms with Crippen LogP contribution in [0, 0.1) is 0 Å². The molecule has 106 valence electrons. The first-order valence-electron chi connectivity index (χ1n) is 6.23. The number of H-pyrrole nitrogens is 1. The van der Waals surface area contributed by atoms with Crippen molar-refractivity contribution < 1.29 is 4.79 Å². The SMILES string of the molecule is CCc1ccccc1NC(=O)CSc1n[nH]c(=O)n1C. The molecule has 0 aliphatic rings. The third-order valence-corrected chi connectivity index (χ3v) is 3.87. The summed E-state index contributed by atoms with van der Waals surface area (Å²) < 4.78 is 1.37. The number of thioether (sulfide) groups is 1. The highest BCUT2D eigenvalue weighted by molar-refractivity contribution is 7.99. The predicted molar refractivity (Wildman–Crippen MR) is 79.0 cm³/mol. The Bertz CT molecular complexity index is 662. The Kier molecular flexibility index (Phi) is 4.62. The molecule has 2 N–H and O–H groups in total. The first-order chi connectivity index (χ1) is 9.61. The van der Waals surface area contributed by atoms with Crippen LogP contribution in [0.25, 0.3) is 0 Å². The number of rotatable bonds is 5. The van der Waals surface area contributed by atoms with E-state index in [4.69, 9.17) is 0 Å². The summed E-state index contributed by atoms with van der Waals surface area (Å²) in [5.41, 5.74) is 1.64. The molecule has 0 aliphatic carbocycles. The van der Waals surface area contributed by atoms with Crippen molar-refractivity contribution in [3.8, 4) is 0 Å². The Morgan fingerprint density at radius 1 is 1.45 bits per heavy atom. The zero-order valence-corrected chi connectivity index (χ0v) is 12.2. The average Bonchev–Trinajstić information content (AvgIpc) is 2.77. The highest BCUT2D eigenvalue weighted by Gasteiger charge is 2.10. The summed E-state index contributed by atoms with van der Waals surface area (Å²) in [6.07, 6.45) is 0.859. The first-order valence-corrected chi connectivity index (χ1v) is 7.22. The topological polar surface area (TPSA) is 79.8 Å². The summed E-state index contributed by atoms with van der Waals surface area (Å²) in [6, 6.07) is 7.70. The molecule has 0 aliphatic heterocycles. The van der Waals surface area contributed by atoms with Crippen LogP contribution in [-0.4, -0.2) is 26.4 Å². The van der Waals surface area contributed by atoms with E-state index in [0.717, 1.165) is 17.7 Å². The van der Waals surface area contributed by atoms with Crippen molar-refractivity contribution in [2.75, 3.05) is 11.1 Å². The number of amides is 1. The number of carbonyl (C=O) groups is 1. The number of hydrogen-bond acceptors (Lipinski definition) is 4. The number of aromatic amines is 1. The van der Waals surface area contributed by atoms with Gasteiger partial charge >= 0.3 is 5.69 Å². The van der Waals surface area contributed by atoms with E-state index < -0.39 is 0 Å². The van der Waals surface area contributed by atoms with E-state index in [1.54, 1.807) is 7.05 Å². The molecule has 0 fully saturated rings. The summed E-state index contributed by atoms with van der Waals surface area (Å²) in [6.45, 7) is 2.04. The zero-order chi connectivity index (χ0) is 14.5. The number of aryl methyl sites for hydroxylation is 1. The summed E-state index contributed by atoms with van der Waals surface area (Å²) in [7, 11) is 1.61. The molecule has 0 radical (unpaired) electrons. The molecule has 1 aromatic heterocycles. The molecule has 2 aromatic rings. The number of aromatic nitrogens is 3. The van der Waals surface area contributed by atoms with Gasteiger partial charge in [-0.2, -0.15) is 0 Å². The molecular weight excluding hydrogens is 276 g/mol. The Labute approximate surface area is 120 Å². The number of carbonyl (C=O) groups excluding carboxylic acids is 1. The molecule has 6 nitrogen and oxygen atoms in total. The van der Waals surface area contributed by atoms with E-state index in [0.29, 0.717) is 5.16 Å². The molecule has 1 amide bonds. The summed E-state index contributed by atoms with van der Waals surface area (Å²) in [4.78, 5) is 23.1. The van der Waals surface area contributed by atoms with E-state index in [2.05, 4.69) is 15.5 Å². The zero-order valence-electron chi connectivity index (χ0n) is 11.3. The van der Waals surface area contributed by atoms with Crippen LogP contribution in [0.5, 0.6) is 0 Å². The van der Waals surface area contributed by atoms with Crippen LogP contribution in [0.1, 0.15) is 12.5 Å². The Balaban J connectivity index is 1.96. The third-order valence-electron chi connectivity index (χ3n) is 2.84. The van der Waals surface area contributed by atoms with Crippen molar-refractivity contribution >= 4 is 23.4 Å². The van der Waals surface area contributed by atoms with Gasteiger partial charge in [-0.3, -0.25) is 9.36 Å². The Morgan fingerprint density at radius 3 is 2.85 bits per heavy atom. The predicted octanol–water partition coefficient (Wildman–Crippen LogP) is 1.40. The number of nitrogens with one attached hydrogen (secondary N) is 2. The Morgan fingerprint density at radius 2 is 2.20 bits per heavy atom. The van der Waals surface area contributed by atoms with E-state index in [1.807, 2.05) is 31.2 Å². The minimum absolute atomic E-state index is 0.119. The van der Waals surface area contributed by atoms with Crippen LogP contribution < -0.4 is 11.0 Å².